The Morgan fingerprint density at radius 3 is 2.65 bits per heavy atom. The SMILES string of the molecule is CCCN(CCC)C(=O)CNc1cc(OC)cc2cccnc12. The number of nitrogens with zero attached hydrogens (tertiary/aromatic N) is 2. The van der Waals surface area contributed by atoms with Crippen molar-refractivity contribution in [2.75, 3.05) is 32.1 Å². The Bertz CT molecular complexity index is 652. The predicted molar refractivity (Wildman–Crippen MR) is 93.9 cm³/mol. The molecule has 5 nitrogen and oxygen atoms in total. The van der Waals surface area contributed by atoms with Gasteiger partial charge in [0.15, 0.2) is 0 Å². The Labute approximate surface area is 137 Å². The van der Waals surface area contributed by atoms with E-state index in [-0.39, 0.29) is 12.5 Å². The van der Waals surface area contributed by atoms with E-state index in [0.29, 0.717) is 0 Å². The fourth-order valence-corrected chi connectivity index (χ4v) is 2.60. The molecule has 124 valence electrons. The Hall–Kier alpha value is -2.30. The summed E-state index contributed by atoms with van der Waals surface area (Å²) in [4.78, 5) is 18.7. The molecular formula is C18H25N3O2. The third-order valence-electron chi connectivity index (χ3n) is 3.68. The van der Waals surface area contributed by atoms with Crippen LogP contribution in [0.2, 0.25) is 0 Å². The van der Waals surface area contributed by atoms with Gasteiger partial charge in [-0.1, -0.05) is 19.9 Å². The van der Waals surface area contributed by atoms with Gasteiger partial charge < -0.3 is 15.0 Å². The van der Waals surface area contributed by atoms with Gasteiger partial charge in [0.1, 0.15) is 5.75 Å². The van der Waals surface area contributed by atoms with E-state index in [0.717, 1.165) is 48.3 Å². The number of carbonyl (C=O) groups excluding carboxylic acids is 1. The zero-order chi connectivity index (χ0) is 16.7. The van der Waals surface area contributed by atoms with Crippen LogP contribution in [0.5, 0.6) is 5.75 Å². The van der Waals surface area contributed by atoms with Gasteiger partial charge in [-0.15, -0.1) is 0 Å². The standard InChI is InChI=1S/C18H25N3O2/c1-4-9-21(10-5-2)17(22)13-20-16-12-15(23-3)11-14-7-6-8-19-18(14)16/h6-8,11-12,20H,4-5,9-10,13H2,1-3H3. The lowest BCUT2D eigenvalue weighted by Crippen LogP contribution is -2.36. The summed E-state index contributed by atoms with van der Waals surface area (Å²) in [6.07, 6.45) is 3.69. The molecule has 0 atom stereocenters. The highest BCUT2D eigenvalue weighted by Crippen LogP contribution is 2.27. The van der Waals surface area contributed by atoms with Crippen molar-refractivity contribution in [3.63, 3.8) is 0 Å². The predicted octanol–water partition coefficient (Wildman–Crippen LogP) is 3.30. The van der Waals surface area contributed by atoms with Crippen molar-refractivity contribution in [3.8, 4) is 5.75 Å². The van der Waals surface area contributed by atoms with Crippen LogP contribution in [0.15, 0.2) is 30.5 Å². The molecule has 0 aliphatic rings. The number of methoxy groups -OCH3 is 1. The summed E-state index contributed by atoms with van der Waals surface area (Å²) < 4.78 is 5.33. The molecule has 1 aromatic carbocycles. The molecule has 1 amide bonds. The van der Waals surface area contributed by atoms with E-state index in [9.17, 15) is 4.79 Å². The molecule has 0 unspecified atom stereocenters. The van der Waals surface area contributed by atoms with Crippen LogP contribution < -0.4 is 10.1 Å². The minimum absolute atomic E-state index is 0.112. The zero-order valence-electron chi connectivity index (χ0n) is 14.1. The molecule has 0 fully saturated rings. The number of ether oxygens (including phenoxy) is 1. The van der Waals surface area contributed by atoms with Crippen molar-refractivity contribution in [1.82, 2.24) is 9.88 Å². The molecule has 0 saturated carbocycles. The van der Waals surface area contributed by atoms with Crippen molar-refractivity contribution >= 4 is 22.5 Å². The number of benzene rings is 1. The molecule has 1 aromatic heterocycles. The molecule has 2 aromatic rings. The third-order valence-corrected chi connectivity index (χ3v) is 3.68. The van der Waals surface area contributed by atoms with E-state index in [2.05, 4.69) is 24.1 Å². The average Bonchev–Trinajstić information content (AvgIpc) is 2.58. The second kappa shape index (κ2) is 8.36. The normalized spacial score (nSPS) is 10.6. The van der Waals surface area contributed by atoms with E-state index in [4.69, 9.17) is 4.74 Å². The molecule has 0 saturated heterocycles. The smallest absolute Gasteiger partial charge is 0.241 e. The lowest BCUT2D eigenvalue weighted by molar-refractivity contribution is -0.129. The highest BCUT2D eigenvalue weighted by atomic mass is 16.5. The highest BCUT2D eigenvalue weighted by Gasteiger charge is 2.13. The van der Waals surface area contributed by atoms with E-state index in [1.807, 2.05) is 29.2 Å². The minimum atomic E-state index is 0.112. The highest BCUT2D eigenvalue weighted by molar-refractivity contribution is 5.93. The van der Waals surface area contributed by atoms with Crippen LogP contribution >= 0.6 is 0 Å². The summed E-state index contributed by atoms with van der Waals surface area (Å²) in [6.45, 7) is 6.03. The fourth-order valence-electron chi connectivity index (χ4n) is 2.60. The Kier molecular flexibility index (Phi) is 6.20. The number of aromatic nitrogens is 1. The zero-order valence-corrected chi connectivity index (χ0v) is 14.1. The molecule has 1 N–H and O–H groups in total. The monoisotopic (exact) mass is 315 g/mol. The van der Waals surface area contributed by atoms with E-state index < -0.39 is 0 Å². The number of anilines is 1. The van der Waals surface area contributed by atoms with Crippen LogP contribution in [-0.2, 0) is 4.79 Å². The van der Waals surface area contributed by atoms with Crippen LogP contribution in [0.1, 0.15) is 26.7 Å². The molecule has 0 bridgehead atoms. The Morgan fingerprint density at radius 1 is 1.26 bits per heavy atom. The van der Waals surface area contributed by atoms with Gasteiger partial charge >= 0.3 is 0 Å². The quantitative estimate of drug-likeness (QED) is 0.812. The summed E-state index contributed by atoms with van der Waals surface area (Å²) >= 11 is 0. The molecule has 2 rings (SSSR count). The Morgan fingerprint density at radius 2 is 2.00 bits per heavy atom. The van der Waals surface area contributed by atoms with Gasteiger partial charge in [-0.05, 0) is 25.0 Å². The first-order valence-electron chi connectivity index (χ1n) is 8.14. The first-order valence-corrected chi connectivity index (χ1v) is 8.14. The molecule has 1 heterocycles. The van der Waals surface area contributed by atoms with Gasteiger partial charge in [0.2, 0.25) is 5.91 Å². The summed E-state index contributed by atoms with van der Waals surface area (Å²) in [7, 11) is 1.64. The number of fused-ring (bicyclic) bond motifs is 1. The first kappa shape index (κ1) is 17.1. The third kappa shape index (κ3) is 4.34. The molecule has 0 radical (unpaired) electrons. The number of pyridine rings is 1. The number of hydrogen-bond donors (Lipinski definition) is 1. The lowest BCUT2D eigenvalue weighted by Gasteiger charge is -2.22. The van der Waals surface area contributed by atoms with Gasteiger partial charge in [0, 0.05) is 30.7 Å². The summed E-state index contributed by atoms with van der Waals surface area (Å²) in [6, 6.07) is 7.70. The summed E-state index contributed by atoms with van der Waals surface area (Å²) in [5.41, 5.74) is 1.67. The maximum atomic E-state index is 12.4. The van der Waals surface area contributed by atoms with E-state index >= 15 is 0 Å². The number of carbonyl (C=O) groups is 1. The van der Waals surface area contributed by atoms with Gasteiger partial charge in [-0.2, -0.15) is 0 Å². The maximum Gasteiger partial charge on any atom is 0.241 e. The maximum absolute atomic E-state index is 12.4. The second-order valence-electron chi connectivity index (χ2n) is 5.48. The van der Waals surface area contributed by atoms with Gasteiger partial charge in [0.25, 0.3) is 0 Å². The molecule has 0 aliphatic heterocycles. The molecule has 0 aliphatic carbocycles. The number of nitrogens with one attached hydrogen (secondary N) is 1. The first-order chi connectivity index (χ1) is 11.2. The van der Waals surface area contributed by atoms with Crippen LogP contribution in [0.25, 0.3) is 10.9 Å². The molecule has 5 heteroatoms. The molecular weight excluding hydrogens is 290 g/mol. The minimum Gasteiger partial charge on any atom is -0.497 e. The van der Waals surface area contributed by atoms with Gasteiger partial charge in [-0.25, -0.2) is 0 Å². The molecule has 23 heavy (non-hydrogen) atoms. The number of amides is 1. The molecule has 0 spiro atoms. The number of hydrogen-bond acceptors (Lipinski definition) is 4. The summed E-state index contributed by atoms with van der Waals surface area (Å²) in [5, 5.41) is 4.21. The Balaban J connectivity index is 2.16. The van der Waals surface area contributed by atoms with Crippen LogP contribution in [0.3, 0.4) is 0 Å². The van der Waals surface area contributed by atoms with Crippen molar-refractivity contribution < 1.29 is 9.53 Å². The lowest BCUT2D eigenvalue weighted by atomic mass is 10.1. The van der Waals surface area contributed by atoms with Crippen molar-refractivity contribution in [2.45, 2.75) is 26.7 Å². The van der Waals surface area contributed by atoms with E-state index in [1.165, 1.54) is 0 Å². The second-order valence-corrected chi connectivity index (χ2v) is 5.48. The van der Waals surface area contributed by atoms with Crippen molar-refractivity contribution in [2.24, 2.45) is 0 Å². The average molecular weight is 315 g/mol. The topological polar surface area (TPSA) is 54.5 Å². The van der Waals surface area contributed by atoms with E-state index in [1.54, 1.807) is 13.3 Å². The van der Waals surface area contributed by atoms with Gasteiger partial charge in [-0.3, -0.25) is 9.78 Å². The van der Waals surface area contributed by atoms with Crippen LogP contribution in [0, 0.1) is 0 Å². The van der Waals surface area contributed by atoms with Crippen LogP contribution in [0.4, 0.5) is 5.69 Å². The number of rotatable bonds is 8. The van der Waals surface area contributed by atoms with Crippen molar-refractivity contribution in [1.29, 1.82) is 0 Å². The summed E-state index contributed by atoms with van der Waals surface area (Å²) in [5.74, 6) is 0.861. The largest absolute Gasteiger partial charge is 0.497 e. The van der Waals surface area contributed by atoms with Crippen LogP contribution in [-0.4, -0.2) is 42.5 Å². The fraction of sp³-hybridized carbons (Fsp3) is 0.444. The van der Waals surface area contributed by atoms with Crippen molar-refractivity contribution in [3.05, 3.63) is 30.5 Å². The van der Waals surface area contributed by atoms with Gasteiger partial charge in [0.05, 0.1) is 24.9 Å².